The molecule has 34 heavy (non-hydrogen) atoms. The molecule has 178 valence electrons. The second-order valence-corrected chi connectivity index (χ2v) is 9.54. The van der Waals surface area contributed by atoms with E-state index in [2.05, 4.69) is 21.7 Å². The number of aromatic nitrogens is 2. The van der Waals surface area contributed by atoms with Gasteiger partial charge in [0.25, 0.3) is 0 Å². The van der Waals surface area contributed by atoms with E-state index in [1.165, 1.54) is 11.8 Å². The number of benzene rings is 2. The minimum Gasteiger partial charge on any atom is -0.486 e. The first kappa shape index (κ1) is 22.8. The number of thioether (sulfide) groups is 1. The minimum absolute atomic E-state index is 0.0281. The molecule has 3 heterocycles. The van der Waals surface area contributed by atoms with Crippen molar-refractivity contribution in [1.29, 1.82) is 0 Å². The fourth-order valence-electron chi connectivity index (χ4n) is 4.28. The van der Waals surface area contributed by atoms with Gasteiger partial charge in [-0.25, -0.2) is 4.98 Å². The molecule has 1 amide bonds. The summed E-state index contributed by atoms with van der Waals surface area (Å²) in [5, 5.41) is 0.835. The van der Waals surface area contributed by atoms with Crippen LogP contribution in [0.4, 0.5) is 0 Å². The second-order valence-electron chi connectivity index (χ2n) is 8.60. The van der Waals surface area contributed by atoms with Gasteiger partial charge in [0.2, 0.25) is 5.91 Å². The van der Waals surface area contributed by atoms with Crippen LogP contribution in [0.15, 0.2) is 66.0 Å². The highest BCUT2D eigenvalue weighted by Gasteiger charge is 2.25. The number of fused-ring (bicyclic) bond motifs is 1. The molecule has 0 bridgehead atoms. The van der Waals surface area contributed by atoms with Crippen molar-refractivity contribution < 1.29 is 19.0 Å². The molecular formula is C26H29N3O4S. The van der Waals surface area contributed by atoms with Crippen molar-refractivity contribution in [3.63, 3.8) is 0 Å². The van der Waals surface area contributed by atoms with Crippen molar-refractivity contribution in [1.82, 2.24) is 14.5 Å². The van der Waals surface area contributed by atoms with Gasteiger partial charge in [0.05, 0.1) is 36.8 Å². The van der Waals surface area contributed by atoms with E-state index >= 15 is 0 Å². The third kappa shape index (κ3) is 5.23. The molecule has 2 aliphatic heterocycles. The third-order valence-electron chi connectivity index (χ3n) is 6.09. The Labute approximate surface area is 204 Å². The smallest absolute Gasteiger partial charge is 0.232 e. The van der Waals surface area contributed by atoms with E-state index in [1.54, 1.807) is 11.9 Å². The zero-order valence-electron chi connectivity index (χ0n) is 19.3. The number of likely N-dealkylation sites (N-methyl/N-ethyl adjacent to an activating group) is 1. The normalized spacial score (nSPS) is 19.2. The van der Waals surface area contributed by atoms with Gasteiger partial charge in [-0.15, -0.1) is 0 Å². The number of hydrogen-bond acceptors (Lipinski definition) is 6. The topological polar surface area (TPSA) is 65.8 Å². The molecule has 1 fully saturated rings. The summed E-state index contributed by atoms with van der Waals surface area (Å²) in [6.45, 7) is 2.44. The lowest BCUT2D eigenvalue weighted by atomic mass is 10.1. The van der Waals surface area contributed by atoms with Gasteiger partial charge < -0.3 is 23.7 Å². The summed E-state index contributed by atoms with van der Waals surface area (Å²) < 4.78 is 19.9. The van der Waals surface area contributed by atoms with Gasteiger partial charge in [-0.3, -0.25) is 4.79 Å². The van der Waals surface area contributed by atoms with E-state index < -0.39 is 0 Å². The van der Waals surface area contributed by atoms with E-state index in [9.17, 15) is 4.79 Å². The largest absolute Gasteiger partial charge is 0.486 e. The molecule has 2 atom stereocenters. The highest BCUT2D eigenvalue weighted by atomic mass is 32.2. The van der Waals surface area contributed by atoms with Crippen molar-refractivity contribution in [2.75, 3.05) is 32.6 Å². The minimum atomic E-state index is -0.194. The monoisotopic (exact) mass is 479 g/mol. The molecule has 7 nitrogen and oxygen atoms in total. The molecular weight excluding hydrogens is 450 g/mol. The standard InChI is InChI=1S/C26H29N3O4S/c1-28(15-21-17-32-23-11-5-6-12-24(23)33-21)25(30)18-34-26-27-14-22(19-8-3-2-4-9-19)29(26)16-20-10-7-13-31-20/h2-6,8-9,11-12,14,20-21H,7,10,13,15-18H2,1H3/t20-,21-/m1/s1. The Morgan fingerprint density at radius 3 is 2.71 bits per heavy atom. The van der Waals surface area contributed by atoms with E-state index in [0.717, 1.165) is 53.9 Å². The Morgan fingerprint density at radius 2 is 1.91 bits per heavy atom. The molecule has 5 rings (SSSR count). The van der Waals surface area contributed by atoms with E-state index in [-0.39, 0.29) is 18.1 Å². The zero-order chi connectivity index (χ0) is 23.3. The van der Waals surface area contributed by atoms with E-state index in [0.29, 0.717) is 18.9 Å². The van der Waals surface area contributed by atoms with Crippen LogP contribution in [0.2, 0.25) is 0 Å². The van der Waals surface area contributed by atoms with Gasteiger partial charge in [-0.05, 0) is 30.5 Å². The summed E-state index contributed by atoms with van der Waals surface area (Å²) >= 11 is 1.47. The highest BCUT2D eigenvalue weighted by molar-refractivity contribution is 7.99. The van der Waals surface area contributed by atoms with E-state index in [1.807, 2.05) is 48.7 Å². The van der Waals surface area contributed by atoms with Gasteiger partial charge in [0.1, 0.15) is 6.61 Å². The Kier molecular flexibility index (Phi) is 7.06. The van der Waals surface area contributed by atoms with Gasteiger partial charge in [-0.2, -0.15) is 0 Å². The molecule has 0 unspecified atom stereocenters. The molecule has 8 heteroatoms. The first-order chi connectivity index (χ1) is 16.7. The maximum atomic E-state index is 12.9. The maximum Gasteiger partial charge on any atom is 0.232 e. The number of carbonyl (C=O) groups is 1. The lowest BCUT2D eigenvalue weighted by molar-refractivity contribution is -0.128. The molecule has 0 saturated carbocycles. The predicted molar refractivity (Wildman–Crippen MR) is 131 cm³/mol. The average molecular weight is 480 g/mol. The molecule has 0 N–H and O–H groups in total. The summed E-state index contributed by atoms with van der Waals surface area (Å²) in [6, 6.07) is 17.8. The van der Waals surface area contributed by atoms with Crippen LogP contribution in [0.3, 0.4) is 0 Å². The number of amides is 1. The van der Waals surface area contributed by atoms with Crippen LogP contribution in [-0.2, 0) is 16.1 Å². The van der Waals surface area contributed by atoms with Crippen LogP contribution in [0.5, 0.6) is 11.5 Å². The quantitative estimate of drug-likeness (QED) is 0.453. The van der Waals surface area contributed by atoms with Crippen molar-refractivity contribution in [3.8, 4) is 22.8 Å². The number of rotatable bonds is 8. The number of nitrogens with zero attached hydrogens (tertiary/aromatic N) is 3. The number of hydrogen-bond donors (Lipinski definition) is 0. The van der Waals surface area contributed by atoms with Crippen LogP contribution in [0, 0.1) is 0 Å². The van der Waals surface area contributed by atoms with Crippen LogP contribution in [-0.4, -0.2) is 65.1 Å². The Hall–Kier alpha value is -2.97. The molecule has 1 saturated heterocycles. The number of para-hydroxylation sites is 2. The summed E-state index contributed by atoms with van der Waals surface area (Å²) in [6.07, 6.45) is 4.01. The van der Waals surface area contributed by atoms with Crippen molar-refractivity contribution >= 4 is 17.7 Å². The summed E-state index contributed by atoms with van der Waals surface area (Å²) in [4.78, 5) is 19.3. The Balaban J connectivity index is 1.22. The zero-order valence-corrected chi connectivity index (χ0v) is 20.1. The number of imidazole rings is 1. The second kappa shape index (κ2) is 10.5. The van der Waals surface area contributed by atoms with Crippen LogP contribution in [0.25, 0.3) is 11.3 Å². The average Bonchev–Trinajstić information content (AvgIpc) is 3.53. The first-order valence-corrected chi connectivity index (χ1v) is 12.6. The lowest BCUT2D eigenvalue weighted by Gasteiger charge is -2.29. The van der Waals surface area contributed by atoms with Crippen LogP contribution in [0.1, 0.15) is 12.8 Å². The van der Waals surface area contributed by atoms with Crippen LogP contribution >= 0.6 is 11.8 Å². The van der Waals surface area contributed by atoms with Crippen molar-refractivity contribution in [3.05, 3.63) is 60.8 Å². The van der Waals surface area contributed by atoms with Crippen LogP contribution < -0.4 is 9.47 Å². The van der Waals surface area contributed by atoms with Gasteiger partial charge in [0.15, 0.2) is 22.8 Å². The molecule has 0 radical (unpaired) electrons. The fraction of sp³-hybridized carbons (Fsp3) is 0.385. The van der Waals surface area contributed by atoms with Gasteiger partial charge in [0, 0.05) is 13.7 Å². The SMILES string of the molecule is CN(C[C@@H]1COc2ccccc2O1)C(=O)CSc1ncc(-c2ccccc2)n1C[C@H]1CCCO1. The molecule has 0 aliphatic carbocycles. The van der Waals surface area contributed by atoms with E-state index in [4.69, 9.17) is 14.2 Å². The Bertz CT molecular complexity index is 1110. The molecule has 0 spiro atoms. The Morgan fingerprint density at radius 1 is 1.12 bits per heavy atom. The molecule has 1 aromatic heterocycles. The molecule has 2 aromatic carbocycles. The molecule has 3 aromatic rings. The van der Waals surface area contributed by atoms with Gasteiger partial charge >= 0.3 is 0 Å². The first-order valence-electron chi connectivity index (χ1n) is 11.6. The fourth-order valence-corrected chi connectivity index (χ4v) is 5.21. The molecule has 2 aliphatic rings. The summed E-state index contributed by atoms with van der Waals surface area (Å²) in [5.41, 5.74) is 2.16. The summed E-state index contributed by atoms with van der Waals surface area (Å²) in [7, 11) is 1.81. The highest BCUT2D eigenvalue weighted by Crippen LogP contribution is 2.31. The maximum absolute atomic E-state index is 12.9. The lowest BCUT2D eigenvalue weighted by Crippen LogP contribution is -2.42. The van der Waals surface area contributed by atoms with Gasteiger partial charge in [-0.1, -0.05) is 54.2 Å². The van der Waals surface area contributed by atoms with Crippen molar-refractivity contribution in [2.45, 2.75) is 36.8 Å². The predicted octanol–water partition coefficient (Wildman–Crippen LogP) is 4.12. The number of carbonyl (C=O) groups excluding carboxylic acids is 1. The third-order valence-corrected chi connectivity index (χ3v) is 7.07. The van der Waals surface area contributed by atoms with Crippen molar-refractivity contribution in [2.24, 2.45) is 0 Å². The summed E-state index contributed by atoms with van der Waals surface area (Å²) in [5.74, 6) is 1.80. The number of ether oxygens (including phenoxy) is 3.